The number of alkyl halides is 1. The van der Waals surface area contributed by atoms with Crippen molar-refractivity contribution in [3.8, 4) is 0 Å². The van der Waals surface area contributed by atoms with Crippen LogP contribution in [0.5, 0.6) is 0 Å². The van der Waals surface area contributed by atoms with Gasteiger partial charge in [0.15, 0.2) is 5.65 Å². The molecule has 2 heterocycles. The van der Waals surface area contributed by atoms with Gasteiger partial charge in [0.2, 0.25) is 0 Å². The van der Waals surface area contributed by atoms with Gasteiger partial charge in [0.1, 0.15) is 18.3 Å². The molecule has 6 nitrogen and oxygen atoms in total. The second kappa shape index (κ2) is 9.10. The molecule has 0 spiro atoms. The Bertz CT molecular complexity index is 846. The van der Waals surface area contributed by atoms with Gasteiger partial charge in [-0.1, -0.05) is 30.3 Å². The number of fused-ring (bicyclic) bond motifs is 1. The predicted octanol–water partition coefficient (Wildman–Crippen LogP) is 3.71. The van der Waals surface area contributed by atoms with Crippen LogP contribution >= 0.6 is 12.4 Å². The van der Waals surface area contributed by atoms with Gasteiger partial charge in [0, 0.05) is 12.5 Å². The minimum Gasteiger partial charge on any atom is -0.375 e. The molecule has 0 radical (unpaired) electrons. The molecule has 1 aliphatic rings. The van der Waals surface area contributed by atoms with E-state index >= 15 is 0 Å². The fourth-order valence-corrected chi connectivity index (χ4v) is 3.45. The Morgan fingerprint density at radius 1 is 1.19 bits per heavy atom. The predicted molar refractivity (Wildman–Crippen MR) is 105 cm³/mol. The van der Waals surface area contributed by atoms with Crippen molar-refractivity contribution in [2.24, 2.45) is 0 Å². The maximum Gasteiger partial charge on any atom is 0.160 e. The van der Waals surface area contributed by atoms with E-state index in [2.05, 4.69) is 37.6 Å². The molecular weight excluding hydrogens is 369 g/mol. The van der Waals surface area contributed by atoms with E-state index in [1.807, 2.05) is 18.2 Å². The lowest BCUT2D eigenvalue weighted by Gasteiger charge is -2.32. The third kappa shape index (κ3) is 4.73. The van der Waals surface area contributed by atoms with Crippen LogP contribution in [0.1, 0.15) is 24.8 Å². The summed E-state index contributed by atoms with van der Waals surface area (Å²) in [5.74, 6) is 0.699. The minimum atomic E-state index is -0.973. The second-order valence-electron chi connectivity index (χ2n) is 6.67. The molecule has 0 amide bonds. The Labute approximate surface area is 163 Å². The molecular formula is C19H23ClFN5O. The molecule has 2 N–H and O–H groups in total. The fraction of sp³-hybridized carbons (Fsp3) is 0.421. The molecule has 1 aliphatic carbocycles. The number of H-pyrrole nitrogens is 1. The van der Waals surface area contributed by atoms with Crippen LogP contribution in [-0.4, -0.2) is 45.1 Å². The molecule has 1 saturated carbocycles. The average Bonchev–Trinajstić information content (AvgIpc) is 3.14. The summed E-state index contributed by atoms with van der Waals surface area (Å²) in [5, 5.41) is 11.0. The quantitative estimate of drug-likeness (QED) is 0.670. The van der Waals surface area contributed by atoms with Crippen LogP contribution < -0.4 is 5.32 Å². The summed E-state index contributed by atoms with van der Waals surface area (Å²) in [5.41, 5.74) is 1.89. The van der Waals surface area contributed by atoms with E-state index in [1.54, 1.807) is 6.20 Å². The summed E-state index contributed by atoms with van der Waals surface area (Å²) in [4.78, 5) is 8.38. The van der Waals surface area contributed by atoms with Gasteiger partial charge in [0.25, 0.3) is 0 Å². The number of hydrogen-bond donors (Lipinski definition) is 2. The van der Waals surface area contributed by atoms with Crippen LogP contribution in [0.4, 0.5) is 10.2 Å². The summed E-state index contributed by atoms with van der Waals surface area (Å²) in [7, 11) is 0. The lowest BCUT2D eigenvalue weighted by atomic mass is 9.91. The summed E-state index contributed by atoms with van der Waals surface area (Å²) in [6, 6.07) is 10.2. The molecule has 0 bridgehead atoms. The molecule has 4 rings (SSSR count). The number of nitrogens with zero attached hydrogens (tertiary/aromatic N) is 3. The molecule has 3 unspecified atom stereocenters. The number of rotatable bonds is 6. The van der Waals surface area contributed by atoms with E-state index in [0.29, 0.717) is 30.9 Å². The highest BCUT2D eigenvalue weighted by Gasteiger charge is 2.31. The third-order valence-corrected chi connectivity index (χ3v) is 4.87. The van der Waals surface area contributed by atoms with Gasteiger partial charge < -0.3 is 10.1 Å². The lowest BCUT2D eigenvalue weighted by Crippen LogP contribution is -2.39. The van der Waals surface area contributed by atoms with Gasteiger partial charge >= 0.3 is 0 Å². The SMILES string of the molecule is Cl.FC1CC(Nc2ncnc3[nH]ncc23)CCC1OCCc1ccccc1. The summed E-state index contributed by atoms with van der Waals surface area (Å²) in [6.07, 6.45) is 4.64. The zero-order valence-electron chi connectivity index (χ0n) is 14.8. The lowest BCUT2D eigenvalue weighted by molar-refractivity contribution is -0.0252. The van der Waals surface area contributed by atoms with Crippen molar-refractivity contribution in [2.75, 3.05) is 11.9 Å². The topological polar surface area (TPSA) is 75.7 Å². The van der Waals surface area contributed by atoms with Crippen LogP contribution in [0.3, 0.4) is 0 Å². The zero-order valence-corrected chi connectivity index (χ0v) is 15.7. The number of aromatic amines is 1. The Hall–Kier alpha value is -2.25. The smallest absolute Gasteiger partial charge is 0.160 e. The molecule has 3 atom stereocenters. The van der Waals surface area contributed by atoms with Gasteiger partial charge in [-0.2, -0.15) is 5.10 Å². The van der Waals surface area contributed by atoms with Gasteiger partial charge in [-0.3, -0.25) is 5.10 Å². The third-order valence-electron chi connectivity index (χ3n) is 4.87. The van der Waals surface area contributed by atoms with E-state index in [1.165, 1.54) is 11.9 Å². The Balaban J connectivity index is 0.00000210. The van der Waals surface area contributed by atoms with Crippen LogP contribution in [0.2, 0.25) is 0 Å². The molecule has 2 aromatic heterocycles. The molecule has 0 saturated heterocycles. The van der Waals surface area contributed by atoms with Gasteiger partial charge in [-0.05, 0) is 24.8 Å². The molecule has 27 heavy (non-hydrogen) atoms. The molecule has 0 aliphatic heterocycles. The number of anilines is 1. The number of ether oxygens (including phenoxy) is 1. The first kappa shape index (κ1) is 19.5. The first-order valence-corrected chi connectivity index (χ1v) is 9.00. The van der Waals surface area contributed by atoms with Gasteiger partial charge in [-0.25, -0.2) is 14.4 Å². The summed E-state index contributed by atoms with van der Waals surface area (Å²) < 4.78 is 20.4. The summed E-state index contributed by atoms with van der Waals surface area (Å²) in [6.45, 7) is 0.550. The number of nitrogens with one attached hydrogen (secondary N) is 2. The maximum atomic E-state index is 14.6. The van der Waals surface area contributed by atoms with Crippen molar-refractivity contribution in [3.05, 3.63) is 48.4 Å². The van der Waals surface area contributed by atoms with Crippen LogP contribution in [0.15, 0.2) is 42.9 Å². The minimum absolute atomic E-state index is 0. The van der Waals surface area contributed by atoms with E-state index < -0.39 is 6.17 Å². The Morgan fingerprint density at radius 3 is 2.85 bits per heavy atom. The van der Waals surface area contributed by atoms with Crippen LogP contribution in [-0.2, 0) is 11.2 Å². The summed E-state index contributed by atoms with van der Waals surface area (Å²) >= 11 is 0. The Morgan fingerprint density at radius 2 is 2.04 bits per heavy atom. The number of hydrogen-bond acceptors (Lipinski definition) is 5. The number of halogens is 2. The highest BCUT2D eigenvalue weighted by atomic mass is 35.5. The first-order chi connectivity index (χ1) is 12.8. The Kier molecular flexibility index (Phi) is 6.58. The van der Waals surface area contributed by atoms with Gasteiger partial charge in [-0.15, -0.1) is 12.4 Å². The van der Waals surface area contributed by atoms with Crippen molar-refractivity contribution in [1.82, 2.24) is 20.2 Å². The average molecular weight is 392 g/mol. The highest BCUT2D eigenvalue weighted by Crippen LogP contribution is 2.28. The van der Waals surface area contributed by atoms with Crippen molar-refractivity contribution in [1.29, 1.82) is 0 Å². The molecule has 1 aromatic carbocycles. The number of benzene rings is 1. The van der Waals surface area contributed by atoms with Gasteiger partial charge in [0.05, 0.1) is 24.3 Å². The molecule has 3 aromatic rings. The van der Waals surface area contributed by atoms with Crippen LogP contribution in [0.25, 0.3) is 11.0 Å². The van der Waals surface area contributed by atoms with E-state index in [-0.39, 0.29) is 24.6 Å². The van der Waals surface area contributed by atoms with E-state index in [4.69, 9.17) is 4.74 Å². The van der Waals surface area contributed by atoms with Crippen molar-refractivity contribution >= 4 is 29.3 Å². The number of aromatic nitrogens is 4. The fourth-order valence-electron chi connectivity index (χ4n) is 3.45. The largest absolute Gasteiger partial charge is 0.375 e. The molecule has 1 fully saturated rings. The monoisotopic (exact) mass is 391 g/mol. The van der Waals surface area contributed by atoms with Crippen molar-refractivity contribution in [2.45, 2.75) is 44.0 Å². The van der Waals surface area contributed by atoms with Crippen LogP contribution in [0, 0.1) is 0 Å². The first-order valence-electron chi connectivity index (χ1n) is 9.00. The standard InChI is InChI=1S/C19H22FN5O.ClH/c20-16-10-14(24-18-15-11-23-25-19(15)22-12-21-18)6-7-17(16)26-9-8-13-4-2-1-3-5-13;/h1-5,11-12,14,16-17H,6-10H2,(H2,21,22,23,24,25);1H. The molecule has 144 valence electrons. The zero-order chi connectivity index (χ0) is 17.8. The maximum absolute atomic E-state index is 14.6. The van der Waals surface area contributed by atoms with Crippen molar-refractivity contribution in [3.63, 3.8) is 0 Å². The second-order valence-corrected chi connectivity index (χ2v) is 6.67. The van der Waals surface area contributed by atoms with E-state index in [0.717, 1.165) is 18.2 Å². The normalized spacial score (nSPS) is 22.3. The van der Waals surface area contributed by atoms with E-state index in [9.17, 15) is 4.39 Å². The molecule has 8 heteroatoms. The van der Waals surface area contributed by atoms with Crippen molar-refractivity contribution < 1.29 is 9.13 Å². The highest BCUT2D eigenvalue weighted by molar-refractivity contribution is 5.85.